The van der Waals surface area contributed by atoms with Crippen molar-refractivity contribution in [3.05, 3.63) is 69.6 Å². The van der Waals surface area contributed by atoms with E-state index in [1.807, 2.05) is 42.5 Å². The number of aromatic nitrogens is 2. The molecule has 134 valence electrons. The Balaban J connectivity index is 1.50. The summed E-state index contributed by atoms with van der Waals surface area (Å²) in [6.07, 6.45) is 0.673. The van der Waals surface area contributed by atoms with Gasteiger partial charge in [0.1, 0.15) is 0 Å². The average molecular weight is 479 g/mol. The van der Waals surface area contributed by atoms with Gasteiger partial charge in [0.2, 0.25) is 11.8 Å². The van der Waals surface area contributed by atoms with Crippen LogP contribution in [0.5, 0.6) is 0 Å². The molecule has 1 heterocycles. The predicted molar refractivity (Wildman–Crippen MR) is 111 cm³/mol. The van der Waals surface area contributed by atoms with Gasteiger partial charge < -0.3 is 9.73 Å². The average Bonchev–Trinajstić information content (AvgIpc) is 3.08. The van der Waals surface area contributed by atoms with Crippen LogP contribution < -0.4 is 5.32 Å². The number of carbonyl (C=O) groups excluding carboxylic acids is 1. The molecule has 5 nitrogen and oxygen atoms in total. The molecule has 0 spiro atoms. The maximum absolute atomic E-state index is 12.0. The molecule has 26 heavy (non-hydrogen) atoms. The molecule has 7 heteroatoms. The summed E-state index contributed by atoms with van der Waals surface area (Å²) in [6, 6.07) is 17.9. The van der Waals surface area contributed by atoms with Crippen molar-refractivity contribution in [2.45, 2.75) is 24.5 Å². The third kappa shape index (κ3) is 5.57. The molecule has 0 aliphatic carbocycles. The van der Waals surface area contributed by atoms with Crippen molar-refractivity contribution in [2.75, 3.05) is 11.1 Å². The summed E-state index contributed by atoms with van der Waals surface area (Å²) in [5, 5.41) is 11.4. The highest BCUT2D eigenvalue weighted by Crippen LogP contribution is 2.22. The number of halogens is 1. The lowest BCUT2D eigenvalue weighted by molar-refractivity contribution is -0.113. The normalized spacial score (nSPS) is 11.9. The fraction of sp³-hybridized carbons (Fsp3) is 0.211. The molecule has 0 saturated heterocycles. The molecular formula is C19H18IN3O2S. The quantitative estimate of drug-likeness (QED) is 0.391. The number of rotatable bonds is 7. The molecule has 0 fully saturated rings. The van der Waals surface area contributed by atoms with E-state index in [9.17, 15) is 4.79 Å². The zero-order valence-corrected chi connectivity index (χ0v) is 17.2. The van der Waals surface area contributed by atoms with Crippen LogP contribution in [0.2, 0.25) is 0 Å². The molecule has 1 atom stereocenters. The number of hydrogen-bond donors (Lipinski definition) is 1. The van der Waals surface area contributed by atoms with Gasteiger partial charge in [0.25, 0.3) is 5.22 Å². The molecule has 1 aromatic heterocycles. The SMILES string of the molecule is C[C@@H](Cc1nnc(SCC(=O)Nc2cccc(I)c2)o1)c1ccccc1. The molecule has 2 aromatic carbocycles. The van der Waals surface area contributed by atoms with Crippen LogP contribution in [0.4, 0.5) is 5.69 Å². The summed E-state index contributed by atoms with van der Waals surface area (Å²) in [4.78, 5) is 12.0. The first-order chi connectivity index (χ1) is 12.6. The zero-order valence-electron chi connectivity index (χ0n) is 14.2. The Morgan fingerprint density at radius 1 is 1.19 bits per heavy atom. The number of anilines is 1. The van der Waals surface area contributed by atoms with Crippen LogP contribution in [0.1, 0.15) is 24.3 Å². The van der Waals surface area contributed by atoms with Gasteiger partial charge in [-0.1, -0.05) is 55.1 Å². The van der Waals surface area contributed by atoms with Crippen molar-refractivity contribution in [3.63, 3.8) is 0 Å². The fourth-order valence-corrected chi connectivity index (χ4v) is 3.55. The van der Waals surface area contributed by atoms with Gasteiger partial charge in [0, 0.05) is 15.7 Å². The molecule has 3 rings (SSSR count). The zero-order chi connectivity index (χ0) is 18.4. The summed E-state index contributed by atoms with van der Waals surface area (Å²) in [5.74, 6) is 0.996. The number of nitrogens with zero attached hydrogens (tertiary/aromatic N) is 2. The number of thioether (sulfide) groups is 1. The predicted octanol–water partition coefficient (Wildman–Crippen LogP) is 4.75. The first-order valence-electron chi connectivity index (χ1n) is 8.15. The van der Waals surface area contributed by atoms with E-state index in [1.54, 1.807) is 0 Å². The van der Waals surface area contributed by atoms with Crippen molar-refractivity contribution in [1.29, 1.82) is 0 Å². The van der Waals surface area contributed by atoms with E-state index in [4.69, 9.17) is 4.42 Å². The Kier molecular flexibility index (Phi) is 6.67. The summed E-state index contributed by atoms with van der Waals surface area (Å²) < 4.78 is 6.73. The molecule has 0 aliphatic heterocycles. The smallest absolute Gasteiger partial charge is 0.277 e. The van der Waals surface area contributed by atoms with Gasteiger partial charge in [0.05, 0.1) is 5.75 Å². The lowest BCUT2D eigenvalue weighted by Crippen LogP contribution is -2.14. The third-order valence-electron chi connectivity index (χ3n) is 3.73. The van der Waals surface area contributed by atoms with Crippen molar-refractivity contribution in [2.24, 2.45) is 0 Å². The van der Waals surface area contributed by atoms with E-state index < -0.39 is 0 Å². The molecule has 0 aliphatic rings. The summed E-state index contributed by atoms with van der Waals surface area (Å²) in [6.45, 7) is 2.13. The lowest BCUT2D eigenvalue weighted by Gasteiger charge is -2.08. The molecule has 0 bridgehead atoms. The third-order valence-corrected chi connectivity index (χ3v) is 5.22. The summed E-state index contributed by atoms with van der Waals surface area (Å²) >= 11 is 3.45. The van der Waals surface area contributed by atoms with E-state index >= 15 is 0 Å². The molecule has 0 unspecified atom stereocenters. The van der Waals surface area contributed by atoms with Crippen molar-refractivity contribution in [3.8, 4) is 0 Å². The topological polar surface area (TPSA) is 68.0 Å². The molecule has 1 N–H and O–H groups in total. The highest BCUT2D eigenvalue weighted by Gasteiger charge is 2.13. The standard InChI is InChI=1S/C19H18IN3O2S/c1-13(14-6-3-2-4-7-14)10-18-22-23-19(25-18)26-12-17(24)21-16-9-5-8-15(20)11-16/h2-9,11,13H,10,12H2,1H3,(H,21,24)/t13-/m0/s1. The van der Waals surface area contributed by atoms with E-state index in [0.717, 1.165) is 9.26 Å². The van der Waals surface area contributed by atoms with Gasteiger partial charge in [-0.2, -0.15) is 0 Å². The number of nitrogens with one attached hydrogen (secondary N) is 1. The number of hydrogen-bond acceptors (Lipinski definition) is 5. The van der Waals surface area contributed by atoms with Gasteiger partial charge in [-0.05, 0) is 52.3 Å². The second kappa shape index (κ2) is 9.18. The Morgan fingerprint density at radius 3 is 2.77 bits per heavy atom. The van der Waals surface area contributed by atoms with E-state index in [1.165, 1.54) is 17.3 Å². The van der Waals surface area contributed by atoms with E-state index in [2.05, 4.69) is 57.2 Å². The minimum absolute atomic E-state index is 0.102. The first kappa shape index (κ1) is 18.9. The van der Waals surface area contributed by atoms with Gasteiger partial charge >= 0.3 is 0 Å². The Morgan fingerprint density at radius 2 is 2.00 bits per heavy atom. The van der Waals surface area contributed by atoms with Crippen molar-refractivity contribution >= 4 is 45.9 Å². The molecule has 0 radical (unpaired) electrons. The largest absolute Gasteiger partial charge is 0.416 e. The van der Waals surface area contributed by atoms with Crippen LogP contribution in [0.3, 0.4) is 0 Å². The van der Waals surface area contributed by atoms with Crippen LogP contribution in [0.15, 0.2) is 64.2 Å². The number of carbonyl (C=O) groups is 1. The number of amides is 1. The molecule has 1 amide bonds. The number of benzene rings is 2. The maximum Gasteiger partial charge on any atom is 0.277 e. The molecule has 3 aromatic rings. The van der Waals surface area contributed by atoms with Crippen molar-refractivity contribution in [1.82, 2.24) is 10.2 Å². The van der Waals surface area contributed by atoms with Crippen LogP contribution >= 0.6 is 34.4 Å². The Hall–Kier alpha value is -1.87. The molecule has 0 saturated carbocycles. The van der Waals surface area contributed by atoms with Gasteiger partial charge in [0.15, 0.2) is 0 Å². The Labute approximate surface area is 170 Å². The molecular weight excluding hydrogens is 461 g/mol. The van der Waals surface area contributed by atoms with E-state index in [0.29, 0.717) is 23.5 Å². The van der Waals surface area contributed by atoms with Crippen LogP contribution in [0, 0.1) is 3.57 Å². The minimum atomic E-state index is -0.102. The fourth-order valence-electron chi connectivity index (χ4n) is 2.43. The minimum Gasteiger partial charge on any atom is -0.416 e. The van der Waals surface area contributed by atoms with Crippen LogP contribution in [-0.4, -0.2) is 21.9 Å². The monoisotopic (exact) mass is 479 g/mol. The summed E-state index contributed by atoms with van der Waals surface area (Å²) in [5.41, 5.74) is 2.02. The second-order valence-electron chi connectivity index (χ2n) is 5.82. The van der Waals surface area contributed by atoms with Gasteiger partial charge in [-0.15, -0.1) is 10.2 Å². The van der Waals surface area contributed by atoms with Crippen LogP contribution in [0.25, 0.3) is 0 Å². The van der Waals surface area contributed by atoms with Crippen LogP contribution in [-0.2, 0) is 11.2 Å². The van der Waals surface area contributed by atoms with Crippen molar-refractivity contribution < 1.29 is 9.21 Å². The highest BCUT2D eigenvalue weighted by atomic mass is 127. The van der Waals surface area contributed by atoms with Gasteiger partial charge in [-0.3, -0.25) is 4.79 Å². The second-order valence-corrected chi connectivity index (χ2v) is 8.00. The highest BCUT2D eigenvalue weighted by molar-refractivity contribution is 14.1. The van der Waals surface area contributed by atoms with Gasteiger partial charge in [-0.25, -0.2) is 0 Å². The Bertz CT molecular complexity index is 870. The maximum atomic E-state index is 12.0. The first-order valence-corrected chi connectivity index (χ1v) is 10.2. The summed E-state index contributed by atoms with van der Waals surface area (Å²) in [7, 11) is 0. The van der Waals surface area contributed by atoms with E-state index in [-0.39, 0.29) is 11.7 Å². The lowest BCUT2D eigenvalue weighted by atomic mass is 9.98.